The highest BCUT2D eigenvalue weighted by atomic mass is 32.1. The van der Waals surface area contributed by atoms with Crippen LogP contribution in [0.25, 0.3) is 0 Å². The summed E-state index contributed by atoms with van der Waals surface area (Å²) in [5.41, 5.74) is 1.70. The van der Waals surface area contributed by atoms with Gasteiger partial charge >= 0.3 is 13.9 Å². The third-order valence-corrected chi connectivity index (χ3v) is 10.1. The lowest BCUT2D eigenvalue weighted by molar-refractivity contribution is -0.156. The minimum atomic E-state index is -4.19. The molecule has 2 aliphatic heterocycles. The van der Waals surface area contributed by atoms with Gasteiger partial charge in [-0.2, -0.15) is 0 Å². The SMILES string of the molecule is Cc1ccc(NC(=O)NCc2cc3c(s2)C(=O)N(C2CCC(=O)N(COP(=O)(OC(C)(C)C)OC(C)(C)C)C2=O)C3)cc1N(C)C. The number of hydrogen-bond donors (Lipinski definition) is 2. The Balaban J connectivity index is 1.37. The highest BCUT2D eigenvalue weighted by Gasteiger charge is 2.45. The average Bonchev–Trinajstić information content (AvgIpc) is 3.44. The van der Waals surface area contributed by atoms with Crippen LogP contribution in [0.2, 0.25) is 0 Å². The second-order valence-corrected chi connectivity index (χ2v) is 16.2. The number of benzene rings is 1. The lowest BCUT2D eigenvalue weighted by atomic mass is 10.0. The van der Waals surface area contributed by atoms with E-state index >= 15 is 0 Å². The third kappa shape index (κ3) is 8.74. The fraction of sp³-hybridized carbons (Fsp3) is 0.548. The standard InChI is InChI=1S/C31H44N5O8PS/c1-19-10-11-21(15-24(19)34(8)9)33-29(40)32-16-22-14-20-17-35(28(39)26(20)46-22)23-12-13-25(37)36(27(23)38)18-42-45(41,43-30(2,3)4)44-31(5,6)7/h10-11,14-15,23H,12-13,16-18H2,1-9H3,(H2,32,33,40). The van der Waals surface area contributed by atoms with Crippen LogP contribution in [0.5, 0.6) is 0 Å². The van der Waals surface area contributed by atoms with E-state index in [9.17, 15) is 23.7 Å². The van der Waals surface area contributed by atoms with Crippen molar-refractivity contribution in [2.24, 2.45) is 0 Å². The number of phosphoric acid groups is 1. The highest BCUT2D eigenvalue weighted by molar-refractivity contribution is 7.48. The van der Waals surface area contributed by atoms with Crippen LogP contribution in [0.4, 0.5) is 16.2 Å². The molecule has 4 rings (SSSR count). The Morgan fingerprint density at radius 3 is 2.30 bits per heavy atom. The van der Waals surface area contributed by atoms with Gasteiger partial charge in [-0.25, -0.2) is 9.36 Å². The molecule has 0 radical (unpaired) electrons. The summed E-state index contributed by atoms with van der Waals surface area (Å²) in [4.78, 5) is 57.8. The summed E-state index contributed by atoms with van der Waals surface area (Å²) in [7, 11) is -0.314. The maximum absolute atomic E-state index is 13.5. The van der Waals surface area contributed by atoms with E-state index in [1.165, 1.54) is 16.2 Å². The van der Waals surface area contributed by atoms with Gasteiger partial charge < -0.3 is 20.4 Å². The fourth-order valence-corrected chi connectivity index (χ4v) is 7.95. The van der Waals surface area contributed by atoms with Crippen molar-refractivity contribution in [3.05, 3.63) is 45.1 Å². The molecule has 1 atom stereocenters. The number of nitrogens with one attached hydrogen (secondary N) is 2. The van der Waals surface area contributed by atoms with Gasteiger partial charge in [0.1, 0.15) is 12.8 Å². The molecule has 0 saturated carbocycles. The molecule has 0 bridgehead atoms. The van der Waals surface area contributed by atoms with E-state index < -0.39 is 43.6 Å². The van der Waals surface area contributed by atoms with E-state index in [4.69, 9.17) is 13.6 Å². The van der Waals surface area contributed by atoms with Crippen molar-refractivity contribution < 1.29 is 37.3 Å². The van der Waals surface area contributed by atoms with E-state index in [2.05, 4.69) is 10.6 Å². The lowest BCUT2D eigenvalue weighted by Gasteiger charge is -2.36. The number of thiophene rings is 1. The molecule has 46 heavy (non-hydrogen) atoms. The van der Waals surface area contributed by atoms with Crippen molar-refractivity contribution in [3.63, 3.8) is 0 Å². The quantitative estimate of drug-likeness (QED) is 0.241. The van der Waals surface area contributed by atoms with Gasteiger partial charge in [0, 0.05) is 43.3 Å². The Morgan fingerprint density at radius 1 is 1.07 bits per heavy atom. The van der Waals surface area contributed by atoms with Crippen LogP contribution in [0.1, 0.15) is 80.1 Å². The van der Waals surface area contributed by atoms with Crippen molar-refractivity contribution in [2.45, 2.75) is 91.6 Å². The normalized spacial score (nSPS) is 17.4. The van der Waals surface area contributed by atoms with Gasteiger partial charge in [0.2, 0.25) is 5.91 Å². The molecule has 1 aromatic heterocycles. The van der Waals surface area contributed by atoms with E-state index in [0.717, 1.165) is 26.6 Å². The number of aryl methyl sites for hydroxylation is 1. The van der Waals surface area contributed by atoms with Gasteiger partial charge in [-0.15, -0.1) is 11.3 Å². The molecule has 1 saturated heterocycles. The van der Waals surface area contributed by atoms with Crippen molar-refractivity contribution in [2.75, 3.05) is 31.0 Å². The topological polar surface area (TPSA) is 147 Å². The molecule has 15 heteroatoms. The van der Waals surface area contributed by atoms with Gasteiger partial charge in [-0.1, -0.05) is 6.07 Å². The number of carbonyl (C=O) groups excluding carboxylic acids is 4. The summed E-state index contributed by atoms with van der Waals surface area (Å²) in [6.45, 7) is 11.9. The van der Waals surface area contributed by atoms with Gasteiger partial charge in [0.15, 0.2) is 0 Å². The van der Waals surface area contributed by atoms with E-state index in [1.807, 2.05) is 50.2 Å². The largest absolute Gasteiger partial charge is 0.477 e. The summed E-state index contributed by atoms with van der Waals surface area (Å²) < 4.78 is 30.2. The molecule has 13 nitrogen and oxygen atoms in total. The predicted molar refractivity (Wildman–Crippen MR) is 176 cm³/mol. The molecule has 252 valence electrons. The number of urea groups is 1. The number of fused-ring (bicyclic) bond motifs is 1. The summed E-state index contributed by atoms with van der Waals surface area (Å²) in [5, 5.41) is 5.66. The smallest absolute Gasteiger partial charge is 0.377 e. The molecular weight excluding hydrogens is 633 g/mol. The van der Waals surface area contributed by atoms with Crippen LogP contribution < -0.4 is 15.5 Å². The molecule has 0 aliphatic carbocycles. The summed E-state index contributed by atoms with van der Waals surface area (Å²) in [5.74, 6) is -1.45. The Morgan fingerprint density at radius 2 is 1.72 bits per heavy atom. The fourth-order valence-electron chi connectivity index (χ4n) is 5.14. The Kier molecular flexibility index (Phi) is 10.4. The molecule has 2 aromatic rings. The molecule has 2 aliphatic rings. The van der Waals surface area contributed by atoms with Crippen molar-refractivity contribution in [3.8, 4) is 0 Å². The molecule has 1 fully saturated rings. The minimum Gasteiger partial charge on any atom is -0.377 e. The summed E-state index contributed by atoms with van der Waals surface area (Å²) in [6, 6.07) is 6.24. The first-order valence-corrected chi connectivity index (χ1v) is 17.3. The van der Waals surface area contributed by atoms with Gasteiger partial charge in [-0.3, -0.25) is 32.9 Å². The molecule has 1 aromatic carbocycles. The van der Waals surface area contributed by atoms with Crippen LogP contribution in [0.3, 0.4) is 0 Å². The lowest BCUT2D eigenvalue weighted by Crippen LogP contribution is -2.55. The number of amides is 5. The van der Waals surface area contributed by atoms with Crippen molar-refractivity contribution in [1.29, 1.82) is 0 Å². The van der Waals surface area contributed by atoms with Gasteiger partial charge in [-0.05, 0) is 84.2 Å². The number of nitrogens with zero attached hydrogens (tertiary/aromatic N) is 3. The monoisotopic (exact) mass is 677 g/mol. The molecular formula is C31H44N5O8PS. The van der Waals surface area contributed by atoms with Crippen LogP contribution >= 0.6 is 19.2 Å². The number of hydrogen-bond acceptors (Lipinski definition) is 10. The molecule has 5 amide bonds. The second kappa shape index (κ2) is 13.4. The van der Waals surface area contributed by atoms with Crippen molar-refractivity contribution >= 4 is 54.3 Å². The number of carbonyl (C=O) groups is 4. The first-order chi connectivity index (χ1) is 21.2. The van der Waals surface area contributed by atoms with Crippen LogP contribution in [-0.2, 0) is 40.8 Å². The third-order valence-electron chi connectivity index (χ3n) is 7.00. The number of imide groups is 1. The van der Waals surface area contributed by atoms with E-state index in [1.54, 1.807) is 41.5 Å². The summed E-state index contributed by atoms with van der Waals surface area (Å²) in [6.07, 6.45) is 0.162. The first kappa shape index (κ1) is 35.6. The average molecular weight is 678 g/mol. The van der Waals surface area contributed by atoms with Crippen LogP contribution in [0.15, 0.2) is 24.3 Å². The number of rotatable bonds is 10. The van der Waals surface area contributed by atoms with Gasteiger partial charge in [0.25, 0.3) is 11.8 Å². The number of likely N-dealkylation sites (tertiary alicyclic amines) is 1. The zero-order chi connectivity index (χ0) is 34.2. The second-order valence-electron chi connectivity index (χ2n) is 13.5. The predicted octanol–water partition coefficient (Wildman–Crippen LogP) is 5.63. The van der Waals surface area contributed by atoms with E-state index in [0.29, 0.717) is 10.6 Å². The molecule has 2 N–H and O–H groups in total. The zero-order valence-electron chi connectivity index (χ0n) is 27.9. The number of piperidine rings is 1. The maximum atomic E-state index is 13.5. The molecule has 1 unspecified atom stereocenters. The Bertz CT molecular complexity index is 1540. The minimum absolute atomic E-state index is 0.00303. The highest BCUT2D eigenvalue weighted by Crippen LogP contribution is 2.55. The van der Waals surface area contributed by atoms with Gasteiger partial charge in [0.05, 0.1) is 22.6 Å². The Hall–Kier alpha value is -3.29. The number of phosphoric ester groups is 1. The van der Waals surface area contributed by atoms with Crippen molar-refractivity contribution in [1.82, 2.24) is 15.1 Å². The number of anilines is 2. The van der Waals surface area contributed by atoms with Crippen LogP contribution in [-0.4, -0.2) is 71.6 Å². The van der Waals surface area contributed by atoms with E-state index in [-0.39, 0.29) is 37.9 Å². The Labute approximate surface area is 274 Å². The zero-order valence-corrected chi connectivity index (χ0v) is 29.6. The molecule has 0 spiro atoms. The molecule has 3 heterocycles. The summed E-state index contributed by atoms with van der Waals surface area (Å²) >= 11 is 1.25. The maximum Gasteiger partial charge on any atom is 0.477 e. The first-order valence-electron chi connectivity index (χ1n) is 15.0. The van der Waals surface area contributed by atoms with Crippen LogP contribution in [0, 0.1) is 6.92 Å².